The van der Waals surface area contributed by atoms with E-state index in [1.165, 1.54) is 132 Å². The fraction of sp³-hybridized carbons (Fsp3) is 0.641. The number of ether oxygens (including phenoxy) is 1. The van der Waals surface area contributed by atoms with Gasteiger partial charge in [0.2, 0.25) is 0 Å². The summed E-state index contributed by atoms with van der Waals surface area (Å²) in [5.74, 6) is -0.118. The van der Waals surface area contributed by atoms with Gasteiger partial charge in [-0.25, -0.2) is 0 Å². The average Bonchev–Trinajstić information content (AvgIpc) is 3.28. The van der Waals surface area contributed by atoms with E-state index in [1.54, 1.807) is 0 Å². The van der Waals surface area contributed by atoms with E-state index in [9.17, 15) is 9.59 Å². The highest BCUT2D eigenvalue weighted by molar-refractivity contribution is 5.98. The monoisotopic (exact) mass is 574 g/mol. The Labute approximate surface area is 257 Å². The molecule has 1 aliphatic carbocycles. The van der Waals surface area contributed by atoms with E-state index in [0.29, 0.717) is 19.3 Å². The largest absolute Gasteiger partial charge is 0.469 e. The van der Waals surface area contributed by atoms with Gasteiger partial charge in [0, 0.05) is 23.8 Å². The molecule has 2 aromatic rings. The van der Waals surface area contributed by atoms with E-state index in [4.69, 9.17) is 4.74 Å². The molecule has 3 rings (SSSR count). The van der Waals surface area contributed by atoms with Gasteiger partial charge in [-0.05, 0) is 47.6 Å². The number of esters is 1. The third kappa shape index (κ3) is 9.81. The van der Waals surface area contributed by atoms with Gasteiger partial charge in [0.05, 0.1) is 7.11 Å². The van der Waals surface area contributed by atoms with Crippen molar-refractivity contribution in [3.05, 3.63) is 59.2 Å². The van der Waals surface area contributed by atoms with E-state index in [-0.39, 0.29) is 17.2 Å². The highest BCUT2D eigenvalue weighted by Crippen LogP contribution is 2.54. The Balaban J connectivity index is 1.78. The lowest BCUT2D eigenvalue weighted by Crippen LogP contribution is -2.26. The van der Waals surface area contributed by atoms with Gasteiger partial charge in [-0.15, -0.1) is 0 Å². The Morgan fingerprint density at radius 2 is 1.12 bits per heavy atom. The van der Waals surface area contributed by atoms with E-state index < -0.39 is 0 Å². The maximum Gasteiger partial charge on any atom is 0.305 e. The number of unbranched alkanes of at least 4 members (excludes halogenated alkanes) is 14. The molecule has 0 spiro atoms. The fourth-order valence-corrected chi connectivity index (χ4v) is 7.05. The van der Waals surface area contributed by atoms with Gasteiger partial charge in [0.15, 0.2) is 5.78 Å². The Kier molecular flexibility index (Phi) is 15.4. The molecule has 0 aliphatic heterocycles. The topological polar surface area (TPSA) is 43.4 Å². The highest BCUT2D eigenvalue weighted by Gasteiger charge is 2.42. The summed E-state index contributed by atoms with van der Waals surface area (Å²) in [6.07, 6.45) is 24.7. The zero-order chi connectivity index (χ0) is 30.0. The number of carbonyl (C=O) groups is 2. The molecule has 0 heterocycles. The number of rotatable bonds is 23. The van der Waals surface area contributed by atoms with Crippen molar-refractivity contribution in [3.8, 4) is 11.1 Å². The zero-order valence-corrected chi connectivity index (χ0v) is 27.1. The van der Waals surface area contributed by atoms with Gasteiger partial charge in [-0.2, -0.15) is 0 Å². The van der Waals surface area contributed by atoms with Gasteiger partial charge in [0.25, 0.3) is 0 Å². The Morgan fingerprint density at radius 1 is 0.595 bits per heavy atom. The van der Waals surface area contributed by atoms with Gasteiger partial charge >= 0.3 is 5.97 Å². The van der Waals surface area contributed by atoms with Crippen LogP contribution < -0.4 is 0 Å². The summed E-state index contributed by atoms with van der Waals surface area (Å²) in [5, 5.41) is 0. The van der Waals surface area contributed by atoms with Crippen LogP contribution in [0.5, 0.6) is 0 Å². The SMILES string of the molecule is CCCCCCCCCCC1(CCCCCCCCCC)c2ccccc2-c2ccc(C(=O)CCCC(=O)OC)cc21. The molecule has 0 N–H and O–H groups in total. The molecule has 2 aromatic carbocycles. The first-order chi connectivity index (χ1) is 20.6. The smallest absolute Gasteiger partial charge is 0.305 e. The number of hydrogen-bond donors (Lipinski definition) is 0. The van der Waals surface area contributed by atoms with Crippen LogP contribution in [-0.2, 0) is 14.9 Å². The van der Waals surface area contributed by atoms with Crippen LogP contribution in [0, 0.1) is 0 Å². The molecule has 0 unspecified atom stereocenters. The standard InChI is InChI=1S/C39H58O3/c1-4-6-8-10-12-14-16-20-29-39(30-21-17-15-13-11-9-7-5-2)35-24-19-18-23-33(35)34-28-27-32(31-36(34)39)37(40)25-22-26-38(41)42-3/h18-19,23-24,27-28,31H,4-17,20-22,25-26,29-30H2,1-3H3. The van der Waals surface area contributed by atoms with Crippen molar-refractivity contribution in [2.75, 3.05) is 7.11 Å². The van der Waals surface area contributed by atoms with Gasteiger partial charge in [-0.1, -0.05) is 153 Å². The summed E-state index contributed by atoms with van der Waals surface area (Å²) < 4.78 is 4.77. The second kappa shape index (κ2) is 19.0. The molecule has 0 bridgehead atoms. The number of benzene rings is 2. The minimum Gasteiger partial charge on any atom is -0.469 e. The predicted octanol–water partition coefficient (Wildman–Crippen LogP) is 11.5. The lowest BCUT2D eigenvalue weighted by Gasteiger charge is -2.33. The van der Waals surface area contributed by atoms with Crippen molar-refractivity contribution in [1.29, 1.82) is 0 Å². The maximum absolute atomic E-state index is 13.3. The predicted molar refractivity (Wildman–Crippen MR) is 177 cm³/mol. The lowest BCUT2D eigenvalue weighted by atomic mass is 9.70. The summed E-state index contributed by atoms with van der Waals surface area (Å²) in [7, 11) is 1.40. The fourth-order valence-electron chi connectivity index (χ4n) is 7.05. The number of ketones is 1. The molecule has 0 saturated heterocycles. The number of hydrogen-bond acceptors (Lipinski definition) is 3. The second-order valence-electron chi connectivity index (χ2n) is 12.7. The van der Waals surface area contributed by atoms with Crippen LogP contribution in [0.15, 0.2) is 42.5 Å². The van der Waals surface area contributed by atoms with Crippen molar-refractivity contribution < 1.29 is 14.3 Å². The number of carbonyl (C=O) groups excluding carboxylic acids is 2. The van der Waals surface area contributed by atoms with Crippen LogP contribution in [-0.4, -0.2) is 18.9 Å². The summed E-state index contributed by atoms with van der Waals surface area (Å²) in [6, 6.07) is 15.5. The van der Waals surface area contributed by atoms with Crippen LogP contribution in [0.3, 0.4) is 0 Å². The van der Waals surface area contributed by atoms with Crippen LogP contribution in [0.2, 0.25) is 0 Å². The van der Waals surface area contributed by atoms with E-state index in [2.05, 4.69) is 50.2 Å². The molecule has 0 atom stereocenters. The molecule has 0 saturated carbocycles. The molecule has 1 aliphatic rings. The van der Waals surface area contributed by atoms with Crippen molar-refractivity contribution in [3.63, 3.8) is 0 Å². The van der Waals surface area contributed by atoms with Crippen molar-refractivity contribution in [2.45, 2.75) is 154 Å². The first kappa shape index (κ1) is 34.1. The minimum absolute atomic E-state index is 0.0152. The molecular formula is C39H58O3. The molecule has 0 radical (unpaired) electrons. The molecule has 232 valence electrons. The molecule has 0 amide bonds. The summed E-state index contributed by atoms with van der Waals surface area (Å²) in [6.45, 7) is 4.56. The van der Waals surface area contributed by atoms with Crippen LogP contribution >= 0.6 is 0 Å². The van der Waals surface area contributed by atoms with Crippen molar-refractivity contribution in [1.82, 2.24) is 0 Å². The average molecular weight is 575 g/mol. The van der Waals surface area contributed by atoms with Crippen LogP contribution in [0.1, 0.15) is 170 Å². The van der Waals surface area contributed by atoms with Crippen molar-refractivity contribution in [2.24, 2.45) is 0 Å². The van der Waals surface area contributed by atoms with Crippen LogP contribution in [0.25, 0.3) is 11.1 Å². The maximum atomic E-state index is 13.3. The lowest BCUT2D eigenvalue weighted by molar-refractivity contribution is -0.140. The Hall–Kier alpha value is -2.42. The van der Waals surface area contributed by atoms with Gasteiger partial charge in [-0.3, -0.25) is 9.59 Å². The summed E-state index contributed by atoms with van der Waals surface area (Å²) >= 11 is 0. The molecule has 42 heavy (non-hydrogen) atoms. The van der Waals surface area contributed by atoms with Gasteiger partial charge < -0.3 is 4.74 Å². The number of methoxy groups -OCH3 is 1. The van der Waals surface area contributed by atoms with E-state index >= 15 is 0 Å². The Morgan fingerprint density at radius 3 is 1.69 bits per heavy atom. The number of Topliss-reactive ketones (excluding diaryl/α,β-unsaturated/α-hetero) is 1. The van der Waals surface area contributed by atoms with Crippen LogP contribution in [0.4, 0.5) is 0 Å². The van der Waals surface area contributed by atoms with Crippen molar-refractivity contribution >= 4 is 11.8 Å². The molecule has 0 aromatic heterocycles. The molecule has 3 nitrogen and oxygen atoms in total. The van der Waals surface area contributed by atoms with E-state index in [1.807, 2.05) is 6.07 Å². The third-order valence-electron chi connectivity index (χ3n) is 9.52. The number of fused-ring (bicyclic) bond motifs is 3. The summed E-state index contributed by atoms with van der Waals surface area (Å²) in [4.78, 5) is 24.8. The summed E-state index contributed by atoms with van der Waals surface area (Å²) in [5.41, 5.74) is 6.29. The Bertz CT molecular complexity index is 1060. The normalized spacial score (nSPS) is 13.1. The quantitative estimate of drug-likeness (QED) is 0.0753. The second-order valence-corrected chi connectivity index (χ2v) is 12.7. The first-order valence-electron chi connectivity index (χ1n) is 17.4. The van der Waals surface area contributed by atoms with E-state index in [0.717, 1.165) is 18.4 Å². The molecule has 3 heteroatoms. The van der Waals surface area contributed by atoms with Gasteiger partial charge in [0.1, 0.15) is 0 Å². The zero-order valence-electron chi connectivity index (χ0n) is 27.1. The first-order valence-corrected chi connectivity index (χ1v) is 17.4. The highest BCUT2D eigenvalue weighted by atomic mass is 16.5. The molecule has 0 fully saturated rings. The third-order valence-corrected chi connectivity index (χ3v) is 9.52. The minimum atomic E-state index is -0.248. The molecular weight excluding hydrogens is 516 g/mol.